The number of esters is 1. The molecule has 0 radical (unpaired) electrons. The number of halogens is 1. The Kier molecular flexibility index (Phi) is 7.31. The zero-order chi connectivity index (χ0) is 18.9. The number of hydrogen-bond donors (Lipinski definition) is 0. The normalized spacial score (nSPS) is 10.1. The van der Waals surface area contributed by atoms with E-state index >= 15 is 0 Å². The van der Waals surface area contributed by atoms with Crippen LogP contribution in [0.3, 0.4) is 0 Å². The maximum atomic E-state index is 12.3. The number of nitrogens with zero attached hydrogens (tertiary/aromatic N) is 1. The van der Waals surface area contributed by atoms with Crippen LogP contribution in [0.4, 0.5) is 0 Å². The van der Waals surface area contributed by atoms with Gasteiger partial charge in [-0.2, -0.15) is 5.26 Å². The van der Waals surface area contributed by atoms with Crippen LogP contribution in [0.1, 0.15) is 41.8 Å². The van der Waals surface area contributed by atoms with E-state index in [9.17, 15) is 4.79 Å². The average Bonchev–Trinajstić information content (AvgIpc) is 2.66. The quantitative estimate of drug-likeness (QED) is 0.624. The van der Waals surface area contributed by atoms with Crippen LogP contribution in [-0.4, -0.2) is 19.2 Å². The monoisotopic (exact) mass is 373 g/mol. The number of rotatable bonds is 8. The third-order valence-corrected chi connectivity index (χ3v) is 3.73. The van der Waals surface area contributed by atoms with Gasteiger partial charge in [0.15, 0.2) is 11.5 Å². The van der Waals surface area contributed by atoms with E-state index in [1.54, 1.807) is 30.3 Å². The highest BCUT2D eigenvalue weighted by Crippen LogP contribution is 2.37. The van der Waals surface area contributed by atoms with Crippen LogP contribution in [0, 0.1) is 11.3 Å². The first-order valence-corrected chi connectivity index (χ1v) is 8.72. The first kappa shape index (κ1) is 19.6. The van der Waals surface area contributed by atoms with Crippen molar-refractivity contribution in [3.63, 3.8) is 0 Å². The minimum atomic E-state index is -0.515. The average molecular weight is 374 g/mol. The van der Waals surface area contributed by atoms with Gasteiger partial charge in [0.05, 0.1) is 35.4 Å². The lowest BCUT2D eigenvalue weighted by Gasteiger charge is -2.14. The topological polar surface area (TPSA) is 68.5 Å². The molecule has 0 spiro atoms. The Morgan fingerprint density at radius 3 is 2.50 bits per heavy atom. The second-order valence-corrected chi connectivity index (χ2v) is 5.86. The van der Waals surface area contributed by atoms with E-state index < -0.39 is 5.97 Å². The molecule has 0 saturated carbocycles. The standard InChI is InChI=1S/C20H20ClNO4/c1-3-9-25-19-17(21)10-16(11-18(19)24-4-2)20(23)26-13-15-7-5-14(12-22)6-8-15/h5-8,10-11H,3-4,9,13H2,1-2H3. The Bertz CT molecular complexity index is 797. The van der Waals surface area contributed by atoms with E-state index in [-0.39, 0.29) is 12.2 Å². The third-order valence-electron chi connectivity index (χ3n) is 3.45. The van der Waals surface area contributed by atoms with E-state index in [1.807, 2.05) is 19.9 Å². The fourth-order valence-corrected chi connectivity index (χ4v) is 2.47. The highest BCUT2D eigenvalue weighted by molar-refractivity contribution is 6.32. The van der Waals surface area contributed by atoms with Gasteiger partial charge in [0.2, 0.25) is 0 Å². The van der Waals surface area contributed by atoms with Crippen LogP contribution in [0.2, 0.25) is 5.02 Å². The molecule has 0 aliphatic rings. The van der Waals surface area contributed by atoms with Crippen LogP contribution in [-0.2, 0) is 11.3 Å². The summed E-state index contributed by atoms with van der Waals surface area (Å²) in [5, 5.41) is 9.10. The molecular weight excluding hydrogens is 354 g/mol. The van der Waals surface area contributed by atoms with Gasteiger partial charge in [-0.3, -0.25) is 0 Å². The van der Waals surface area contributed by atoms with E-state index in [1.165, 1.54) is 6.07 Å². The van der Waals surface area contributed by atoms with Gasteiger partial charge in [-0.15, -0.1) is 0 Å². The lowest BCUT2D eigenvalue weighted by Crippen LogP contribution is -2.07. The molecular formula is C20H20ClNO4. The van der Waals surface area contributed by atoms with Crippen molar-refractivity contribution in [1.82, 2.24) is 0 Å². The van der Waals surface area contributed by atoms with Crippen molar-refractivity contribution in [2.75, 3.05) is 13.2 Å². The van der Waals surface area contributed by atoms with Gasteiger partial charge in [-0.1, -0.05) is 30.7 Å². The molecule has 0 aromatic heterocycles. The molecule has 0 aliphatic carbocycles. The van der Waals surface area contributed by atoms with E-state index in [2.05, 4.69) is 0 Å². The number of hydrogen-bond acceptors (Lipinski definition) is 5. The minimum Gasteiger partial charge on any atom is -0.490 e. The predicted octanol–water partition coefficient (Wildman–Crippen LogP) is 4.76. The summed E-state index contributed by atoms with van der Waals surface area (Å²) in [4.78, 5) is 12.3. The summed E-state index contributed by atoms with van der Waals surface area (Å²) in [7, 11) is 0. The van der Waals surface area contributed by atoms with E-state index in [0.717, 1.165) is 12.0 Å². The fourth-order valence-electron chi connectivity index (χ4n) is 2.20. The molecule has 2 rings (SSSR count). The van der Waals surface area contributed by atoms with Gasteiger partial charge in [-0.05, 0) is 43.2 Å². The largest absolute Gasteiger partial charge is 0.490 e. The molecule has 0 aliphatic heterocycles. The highest BCUT2D eigenvalue weighted by Gasteiger charge is 2.17. The number of benzene rings is 2. The Hall–Kier alpha value is -2.71. The van der Waals surface area contributed by atoms with Gasteiger partial charge in [0.1, 0.15) is 6.61 Å². The number of carbonyl (C=O) groups excluding carboxylic acids is 1. The summed E-state index contributed by atoms with van der Waals surface area (Å²) in [6.45, 7) is 4.85. The van der Waals surface area contributed by atoms with Crippen LogP contribution in [0.5, 0.6) is 11.5 Å². The summed E-state index contributed by atoms with van der Waals surface area (Å²) in [6, 6.07) is 12.0. The third kappa shape index (κ3) is 5.14. The Labute approximate surface area is 158 Å². The SMILES string of the molecule is CCCOc1c(Cl)cc(C(=O)OCc2ccc(C#N)cc2)cc1OCC. The summed E-state index contributed by atoms with van der Waals surface area (Å²) >= 11 is 6.26. The van der Waals surface area contributed by atoms with Crippen LogP contribution in [0.15, 0.2) is 36.4 Å². The summed E-state index contributed by atoms with van der Waals surface area (Å²) in [5.41, 5.74) is 1.63. The van der Waals surface area contributed by atoms with Crippen LogP contribution >= 0.6 is 11.6 Å². The van der Waals surface area contributed by atoms with Crippen molar-refractivity contribution in [3.05, 3.63) is 58.1 Å². The van der Waals surface area contributed by atoms with Crippen molar-refractivity contribution >= 4 is 17.6 Å². The fraction of sp³-hybridized carbons (Fsp3) is 0.300. The molecule has 0 saturated heterocycles. The van der Waals surface area contributed by atoms with Crippen LogP contribution in [0.25, 0.3) is 0 Å². The molecule has 0 atom stereocenters. The predicted molar refractivity (Wildman–Crippen MR) is 98.7 cm³/mol. The molecule has 0 unspecified atom stereocenters. The first-order chi connectivity index (χ1) is 12.6. The molecule has 0 fully saturated rings. The minimum absolute atomic E-state index is 0.0974. The molecule has 136 valence electrons. The summed E-state index contributed by atoms with van der Waals surface area (Å²) in [5.74, 6) is 0.331. The maximum absolute atomic E-state index is 12.3. The maximum Gasteiger partial charge on any atom is 0.338 e. The molecule has 0 amide bonds. The number of carbonyl (C=O) groups is 1. The zero-order valence-corrected chi connectivity index (χ0v) is 15.5. The van der Waals surface area contributed by atoms with Gasteiger partial charge in [0.25, 0.3) is 0 Å². The second kappa shape index (κ2) is 9.69. The lowest BCUT2D eigenvalue weighted by atomic mass is 10.1. The second-order valence-electron chi connectivity index (χ2n) is 5.45. The molecule has 2 aromatic rings. The zero-order valence-electron chi connectivity index (χ0n) is 14.8. The molecule has 5 nitrogen and oxygen atoms in total. The van der Waals surface area contributed by atoms with Crippen molar-refractivity contribution in [3.8, 4) is 17.6 Å². The van der Waals surface area contributed by atoms with Gasteiger partial charge < -0.3 is 14.2 Å². The highest BCUT2D eigenvalue weighted by atomic mass is 35.5. The van der Waals surface area contributed by atoms with Crippen molar-refractivity contribution in [2.24, 2.45) is 0 Å². The van der Waals surface area contributed by atoms with Crippen LogP contribution < -0.4 is 9.47 Å². The molecule has 2 aromatic carbocycles. The molecule has 0 heterocycles. The number of ether oxygens (including phenoxy) is 3. The van der Waals surface area contributed by atoms with Crippen molar-refractivity contribution in [1.29, 1.82) is 5.26 Å². The summed E-state index contributed by atoms with van der Waals surface area (Å²) in [6.07, 6.45) is 0.830. The lowest BCUT2D eigenvalue weighted by molar-refractivity contribution is 0.0472. The molecule has 0 bridgehead atoms. The van der Waals surface area contributed by atoms with Crippen molar-refractivity contribution in [2.45, 2.75) is 26.9 Å². The summed E-state index contributed by atoms with van der Waals surface area (Å²) < 4.78 is 16.5. The smallest absolute Gasteiger partial charge is 0.338 e. The molecule has 26 heavy (non-hydrogen) atoms. The van der Waals surface area contributed by atoms with E-state index in [0.29, 0.717) is 35.3 Å². The Balaban J connectivity index is 2.13. The van der Waals surface area contributed by atoms with Gasteiger partial charge in [-0.25, -0.2) is 4.79 Å². The van der Waals surface area contributed by atoms with E-state index in [4.69, 9.17) is 31.1 Å². The van der Waals surface area contributed by atoms with Gasteiger partial charge in [0, 0.05) is 0 Å². The molecule has 6 heteroatoms. The molecule has 0 N–H and O–H groups in total. The first-order valence-electron chi connectivity index (χ1n) is 8.34. The van der Waals surface area contributed by atoms with Gasteiger partial charge >= 0.3 is 5.97 Å². The van der Waals surface area contributed by atoms with Crippen molar-refractivity contribution < 1.29 is 19.0 Å². The Morgan fingerprint density at radius 2 is 1.88 bits per heavy atom. The Morgan fingerprint density at radius 1 is 1.15 bits per heavy atom. The number of nitriles is 1.